The van der Waals surface area contributed by atoms with E-state index in [1.807, 2.05) is 84.9 Å². The summed E-state index contributed by atoms with van der Waals surface area (Å²) in [5, 5.41) is 3.40. The van der Waals surface area contributed by atoms with E-state index in [-0.39, 0.29) is 11.9 Å². The van der Waals surface area contributed by atoms with Crippen molar-refractivity contribution >= 4 is 5.78 Å². The summed E-state index contributed by atoms with van der Waals surface area (Å²) < 4.78 is 6.21. The Bertz CT molecular complexity index is 861. The maximum absolute atomic E-state index is 13.1. The van der Waals surface area contributed by atoms with Crippen LogP contribution in [0.15, 0.2) is 84.9 Å². The molecule has 0 radical (unpaired) electrons. The first kappa shape index (κ1) is 15.6. The van der Waals surface area contributed by atoms with Crippen LogP contribution in [0.2, 0.25) is 0 Å². The van der Waals surface area contributed by atoms with E-state index in [0.717, 1.165) is 11.1 Å². The van der Waals surface area contributed by atoms with Crippen molar-refractivity contribution in [2.75, 3.05) is 0 Å². The molecule has 2 unspecified atom stereocenters. The molecule has 3 aromatic rings. The summed E-state index contributed by atoms with van der Waals surface area (Å²) in [6, 6.07) is 27.0. The molecule has 2 atom stereocenters. The van der Waals surface area contributed by atoms with E-state index in [4.69, 9.17) is 4.74 Å². The van der Waals surface area contributed by atoms with E-state index in [2.05, 4.69) is 5.32 Å². The van der Waals surface area contributed by atoms with Crippen molar-refractivity contribution in [1.29, 1.82) is 0 Å². The van der Waals surface area contributed by atoms with Gasteiger partial charge in [-0.2, -0.15) is 0 Å². The molecule has 25 heavy (non-hydrogen) atoms. The summed E-state index contributed by atoms with van der Waals surface area (Å²) >= 11 is 0. The Hall–Kier alpha value is -2.91. The Morgan fingerprint density at radius 3 is 2.20 bits per heavy atom. The summed E-state index contributed by atoms with van der Waals surface area (Å²) in [5.74, 6) is 0.728. The number of hydrogen-bond acceptors (Lipinski definition) is 3. The van der Waals surface area contributed by atoms with Crippen LogP contribution in [0, 0.1) is 0 Å². The zero-order chi connectivity index (χ0) is 17.1. The van der Waals surface area contributed by atoms with Gasteiger partial charge in [-0.3, -0.25) is 10.1 Å². The predicted octanol–water partition coefficient (Wildman–Crippen LogP) is 4.16. The number of carbonyl (C=O) groups is 1. The molecule has 1 aliphatic heterocycles. The lowest BCUT2D eigenvalue weighted by molar-refractivity contribution is 0.0732. The molecule has 0 saturated heterocycles. The van der Waals surface area contributed by atoms with E-state index in [1.54, 1.807) is 0 Å². The number of nitrogens with one attached hydrogen (secondary N) is 1. The lowest BCUT2D eigenvalue weighted by Crippen LogP contribution is -2.46. The van der Waals surface area contributed by atoms with Gasteiger partial charge in [-0.1, -0.05) is 72.8 Å². The Balaban J connectivity index is 1.66. The van der Waals surface area contributed by atoms with Crippen molar-refractivity contribution in [3.8, 4) is 5.75 Å². The molecule has 0 aliphatic carbocycles. The monoisotopic (exact) mass is 329 g/mol. The van der Waals surface area contributed by atoms with E-state index in [9.17, 15) is 4.79 Å². The van der Waals surface area contributed by atoms with E-state index >= 15 is 0 Å². The fourth-order valence-corrected chi connectivity index (χ4v) is 3.21. The minimum atomic E-state index is -0.419. The van der Waals surface area contributed by atoms with Crippen LogP contribution in [-0.2, 0) is 6.54 Å². The average molecular weight is 329 g/mol. The van der Waals surface area contributed by atoms with Gasteiger partial charge in [0.05, 0.1) is 5.56 Å². The highest BCUT2D eigenvalue weighted by Gasteiger charge is 2.37. The zero-order valence-corrected chi connectivity index (χ0v) is 13.8. The number of hydrogen-bond donors (Lipinski definition) is 1. The molecule has 0 amide bonds. The van der Waals surface area contributed by atoms with Crippen LogP contribution in [0.3, 0.4) is 0 Å². The first-order chi connectivity index (χ1) is 12.3. The predicted molar refractivity (Wildman–Crippen MR) is 97.7 cm³/mol. The van der Waals surface area contributed by atoms with Gasteiger partial charge in [-0.25, -0.2) is 0 Å². The summed E-state index contributed by atoms with van der Waals surface area (Å²) in [7, 11) is 0. The van der Waals surface area contributed by atoms with Gasteiger partial charge in [0.2, 0.25) is 0 Å². The number of ketones is 1. The highest BCUT2D eigenvalue weighted by molar-refractivity contribution is 6.03. The molecule has 0 bridgehead atoms. The fraction of sp³-hybridized carbons (Fsp3) is 0.136. The first-order valence-electron chi connectivity index (χ1n) is 8.45. The first-order valence-corrected chi connectivity index (χ1v) is 8.45. The van der Waals surface area contributed by atoms with Crippen LogP contribution in [-0.4, -0.2) is 11.8 Å². The highest BCUT2D eigenvalue weighted by Crippen LogP contribution is 2.35. The van der Waals surface area contributed by atoms with Crippen molar-refractivity contribution in [1.82, 2.24) is 5.32 Å². The Morgan fingerprint density at radius 1 is 0.800 bits per heavy atom. The molecular formula is C22H19NO2. The molecule has 1 heterocycles. The number of benzene rings is 3. The molecule has 0 aromatic heterocycles. The number of fused-ring (bicyclic) bond motifs is 1. The standard InChI is InChI=1S/C22H19NO2/c24-21-18-13-7-8-14-19(18)25-22(17-11-5-2-6-12-17)20(21)23-15-16-9-3-1-4-10-16/h1-14,20,22-23H,15H2. The number of ether oxygens (including phenoxy) is 1. The van der Waals surface area contributed by atoms with Crippen LogP contribution < -0.4 is 10.1 Å². The van der Waals surface area contributed by atoms with Gasteiger partial charge in [-0.15, -0.1) is 0 Å². The molecule has 0 saturated carbocycles. The van der Waals surface area contributed by atoms with Crippen LogP contribution in [0.4, 0.5) is 0 Å². The molecule has 4 rings (SSSR count). The third kappa shape index (κ3) is 3.19. The Kier molecular flexibility index (Phi) is 4.32. The second kappa shape index (κ2) is 6.91. The minimum Gasteiger partial charge on any atom is -0.483 e. The molecule has 3 aromatic carbocycles. The van der Waals surface area contributed by atoms with Gasteiger partial charge >= 0.3 is 0 Å². The fourth-order valence-electron chi connectivity index (χ4n) is 3.21. The number of carbonyl (C=O) groups excluding carboxylic acids is 1. The second-order valence-electron chi connectivity index (χ2n) is 6.15. The summed E-state index contributed by atoms with van der Waals surface area (Å²) in [6.45, 7) is 0.617. The second-order valence-corrected chi connectivity index (χ2v) is 6.15. The summed E-state index contributed by atoms with van der Waals surface area (Å²) in [6.07, 6.45) is -0.340. The zero-order valence-electron chi connectivity index (χ0n) is 13.8. The molecular weight excluding hydrogens is 310 g/mol. The largest absolute Gasteiger partial charge is 0.483 e. The van der Waals surface area contributed by atoms with E-state index in [0.29, 0.717) is 17.9 Å². The van der Waals surface area contributed by atoms with Gasteiger partial charge < -0.3 is 4.74 Å². The number of Topliss-reactive ketones (excluding diaryl/α,β-unsaturated/α-hetero) is 1. The molecule has 1 aliphatic rings. The third-order valence-corrected chi connectivity index (χ3v) is 4.49. The lowest BCUT2D eigenvalue weighted by atomic mass is 9.91. The van der Waals surface area contributed by atoms with Crippen molar-refractivity contribution in [3.63, 3.8) is 0 Å². The van der Waals surface area contributed by atoms with Gasteiger partial charge in [0.25, 0.3) is 0 Å². The third-order valence-electron chi connectivity index (χ3n) is 4.49. The van der Waals surface area contributed by atoms with Gasteiger partial charge in [0, 0.05) is 6.54 Å². The van der Waals surface area contributed by atoms with Crippen LogP contribution in [0.5, 0.6) is 5.75 Å². The van der Waals surface area contributed by atoms with E-state index < -0.39 is 6.04 Å². The SMILES string of the molecule is O=C1c2ccccc2OC(c2ccccc2)C1NCc1ccccc1. The Morgan fingerprint density at radius 2 is 1.44 bits per heavy atom. The molecule has 124 valence electrons. The van der Waals surface area contributed by atoms with Gasteiger partial charge in [0.15, 0.2) is 5.78 Å². The van der Waals surface area contributed by atoms with Crippen molar-refractivity contribution in [2.24, 2.45) is 0 Å². The Labute approximate surface area is 147 Å². The minimum absolute atomic E-state index is 0.0756. The molecule has 0 spiro atoms. The van der Waals surface area contributed by atoms with Crippen LogP contribution >= 0.6 is 0 Å². The molecule has 3 heteroatoms. The number of para-hydroxylation sites is 1. The van der Waals surface area contributed by atoms with Crippen molar-refractivity contribution in [3.05, 3.63) is 102 Å². The van der Waals surface area contributed by atoms with Gasteiger partial charge in [-0.05, 0) is 23.3 Å². The lowest BCUT2D eigenvalue weighted by Gasteiger charge is -2.33. The number of rotatable bonds is 4. The normalized spacial score (nSPS) is 19.1. The smallest absolute Gasteiger partial charge is 0.187 e. The van der Waals surface area contributed by atoms with Crippen molar-refractivity contribution in [2.45, 2.75) is 18.7 Å². The van der Waals surface area contributed by atoms with E-state index in [1.165, 1.54) is 0 Å². The van der Waals surface area contributed by atoms with Crippen LogP contribution in [0.25, 0.3) is 0 Å². The van der Waals surface area contributed by atoms with Crippen molar-refractivity contribution < 1.29 is 9.53 Å². The molecule has 1 N–H and O–H groups in total. The van der Waals surface area contributed by atoms with Crippen LogP contribution in [0.1, 0.15) is 27.6 Å². The maximum Gasteiger partial charge on any atom is 0.187 e. The molecule has 0 fully saturated rings. The summed E-state index contributed by atoms with van der Waals surface area (Å²) in [4.78, 5) is 13.1. The molecule has 3 nitrogen and oxygen atoms in total. The summed E-state index contributed by atoms with van der Waals surface area (Å²) in [5.41, 5.74) is 2.78. The quantitative estimate of drug-likeness (QED) is 0.781. The average Bonchev–Trinajstić information content (AvgIpc) is 2.69. The maximum atomic E-state index is 13.1. The topological polar surface area (TPSA) is 38.3 Å². The van der Waals surface area contributed by atoms with Gasteiger partial charge in [0.1, 0.15) is 17.9 Å². The highest BCUT2D eigenvalue weighted by atomic mass is 16.5.